The van der Waals surface area contributed by atoms with Crippen LogP contribution >= 0.6 is 0 Å². The van der Waals surface area contributed by atoms with E-state index in [0.717, 1.165) is 10.8 Å². The lowest BCUT2D eigenvalue weighted by Crippen LogP contribution is -2.38. The third-order valence-electron chi connectivity index (χ3n) is 5.74. The Morgan fingerprint density at radius 1 is 1.15 bits per heavy atom. The van der Waals surface area contributed by atoms with Gasteiger partial charge in [0.1, 0.15) is 5.69 Å². The van der Waals surface area contributed by atoms with Crippen molar-refractivity contribution in [3.05, 3.63) is 58.6 Å². The van der Waals surface area contributed by atoms with Crippen LogP contribution in [0.3, 0.4) is 0 Å². The second kappa shape index (κ2) is 5.46. The molecule has 140 valence electrons. The third kappa shape index (κ3) is 2.11. The average molecular weight is 385 g/mol. The fraction of sp³-hybridized carbons (Fsp3) is 0.316. The van der Waals surface area contributed by atoms with E-state index in [-0.39, 0.29) is 29.9 Å². The number of aromatic nitrogens is 2. The number of nitrogens with zero attached hydrogens (tertiary/aromatic N) is 3. The van der Waals surface area contributed by atoms with E-state index in [1.165, 1.54) is 8.87 Å². The first-order valence-corrected chi connectivity index (χ1v) is 10.6. The Morgan fingerprint density at radius 3 is 2.67 bits per heavy atom. The highest BCUT2D eigenvalue weighted by Crippen LogP contribution is 2.49. The van der Waals surface area contributed by atoms with Crippen LogP contribution in [0.25, 0.3) is 16.5 Å². The van der Waals surface area contributed by atoms with Gasteiger partial charge in [0.2, 0.25) is 15.9 Å². The van der Waals surface area contributed by atoms with Crippen LogP contribution in [0.1, 0.15) is 31.1 Å². The van der Waals surface area contributed by atoms with Gasteiger partial charge in [0.05, 0.1) is 23.5 Å². The maximum Gasteiger partial charge on any atom is 0.336 e. The summed E-state index contributed by atoms with van der Waals surface area (Å²) in [5.41, 5.74) is 0.683. The molecule has 1 unspecified atom stereocenters. The minimum atomic E-state index is -3.39. The first kappa shape index (κ1) is 16.6. The summed E-state index contributed by atoms with van der Waals surface area (Å²) in [4.78, 5) is 13.1. The molecule has 0 radical (unpaired) electrons. The molecule has 0 saturated carbocycles. The minimum Gasteiger partial charge on any atom is -0.493 e. The zero-order valence-electron chi connectivity index (χ0n) is 14.7. The SMILES string of the molecule is CCS(=O)(=O)N1C[C@H]2CC1c1c(O)n(-c3cccc4ccccc34)c(=O)n12. The smallest absolute Gasteiger partial charge is 0.336 e. The number of imidazole rings is 1. The van der Waals surface area contributed by atoms with E-state index >= 15 is 0 Å². The predicted octanol–water partition coefficient (Wildman–Crippen LogP) is 2.15. The first-order valence-electron chi connectivity index (χ1n) is 8.97. The largest absolute Gasteiger partial charge is 0.493 e. The van der Waals surface area contributed by atoms with Gasteiger partial charge in [-0.25, -0.2) is 17.8 Å². The van der Waals surface area contributed by atoms with Crippen molar-refractivity contribution in [3.8, 4) is 11.6 Å². The number of sulfonamides is 1. The molecule has 5 rings (SSSR count). The Bertz CT molecular complexity index is 1240. The molecule has 3 heterocycles. The molecule has 1 N–H and O–H groups in total. The molecule has 0 amide bonds. The zero-order chi connectivity index (χ0) is 18.9. The highest BCUT2D eigenvalue weighted by molar-refractivity contribution is 7.89. The summed E-state index contributed by atoms with van der Waals surface area (Å²) in [6.07, 6.45) is 0.535. The molecule has 1 saturated heterocycles. The topological polar surface area (TPSA) is 84.5 Å². The molecular formula is C19H19N3O4S. The van der Waals surface area contributed by atoms with Crippen molar-refractivity contribution in [3.63, 3.8) is 0 Å². The minimum absolute atomic E-state index is 0.00520. The Morgan fingerprint density at radius 2 is 1.89 bits per heavy atom. The van der Waals surface area contributed by atoms with Crippen molar-refractivity contribution >= 4 is 20.8 Å². The lowest BCUT2D eigenvalue weighted by atomic mass is 10.1. The fourth-order valence-corrected chi connectivity index (χ4v) is 5.80. The summed E-state index contributed by atoms with van der Waals surface area (Å²) in [6, 6.07) is 12.5. The van der Waals surface area contributed by atoms with Crippen LogP contribution < -0.4 is 5.69 Å². The maximum atomic E-state index is 13.1. The van der Waals surface area contributed by atoms with Crippen LogP contribution in [0.15, 0.2) is 47.3 Å². The number of fused-ring (bicyclic) bond motifs is 6. The molecule has 1 aromatic heterocycles. The number of rotatable bonds is 3. The maximum absolute atomic E-state index is 13.1. The van der Waals surface area contributed by atoms with E-state index in [1.807, 2.05) is 36.4 Å². The Hall–Kier alpha value is -2.58. The fourth-order valence-electron chi connectivity index (χ4n) is 4.50. The van der Waals surface area contributed by atoms with Crippen LogP contribution in [0.2, 0.25) is 0 Å². The lowest BCUT2D eigenvalue weighted by Gasteiger charge is -2.26. The monoisotopic (exact) mass is 385 g/mol. The molecule has 1 fully saturated rings. The van der Waals surface area contributed by atoms with Gasteiger partial charge in [-0.15, -0.1) is 0 Å². The van der Waals surface area contributed by atoms with Crippen LogP contribution in [0.4, 0.5) is 0 Å². The average Bonchev–Trinajstić information content (AvgIpc) is 3.33. The van der Waals surface area contributed by atoms with E-state index in [1.54, 1.807) is 17.6 Å². The van der Waals surface area contributed by atoms with E-state index < -0.39 is 16.1 Å². The molecular weight excluding hydrogens is 366 g/mol. The summed E-state index contributed by atoms with van der Waals surface area (Å²) >= 11 is 0. The number of benzene rings is 2. The number of hydrogen-bond donors (Lipinski definition) is 1. The van der Waals surface area contributed by atoms with Gasteiger partial charge < -0.3 is 5.11 Å². The molecule has 27 heavy (non-hydrogen) atoms. The number of hydrogen-bond acceptors (Lipinski definition) is 4. The molecule has 7 nitrogen and oxygen atoms in total. The van der Waals surface area contributed by atoms with Gasteiger partial charge in [0.15, 0.2) is 0 Å². The summed E-state index contributed by atoms with van der Waals surface area (Å²) in [6.45, 7) is 1.89. The first-order chi connectivity index (χ1) is 12.9. The second-order valence-electron chi connectivity index (χ2n) is 7.07. The third-order valence-corrected chi connectivity index (χ3v) is 7.59. The Kier molecular flexibility index (Phi) is 3.36. The molecule has 2 aliphatic heterocycles. The van der Waals surface area contributed by atoms with Crippen molar-refractivity contribution in [1.82, 2.24) is 13.4 Å². The van der Waals surface area contributed by atoms with Crippen molar-refractivity contribution < 1.29 is 13.5 Å². The van der Waals surface area contributed by atoms with Crippen molar-refractivity contribution in [2.75, 3.05) is 12.3 Å². The van der Waals surface area contributed by atoms with Crippen molar-refractivity contribution in [1.29, 1.82) is 0 Å². The Labute approximate surface area is 156 Å². The Balaban J connectivity index is 1.74. The van der Waals surface area contributed by atoms with E-state index in [0.29, 0.717) is 17.8 Å². The summed E-state index contributed by atoms with van der Waals surface area (Å²) in [5.74, 6) is -0.162. The molecule has 3 aromatic rings. The normalized spacial score (nSPS) is 21.8. The van der Waals surface area contributed by atoms with Gasteiger partial charge in [0, 0.05) is 11.9 Å². The van der Waals surface area contributed by atoms with Gasteiger partial charge in [-0.3, -0.25) is 4.57 Å². The van der Waals surface area contributed by atoms with E-state index in [2.05, 4.69) is 0 Å². The van der Waals surface area contributed by atoms with E-state index in [9.17, 15) is 18.3 Å². The van der Waals surface area contributed by atoms with Crippen LogP contribution in [0.5, 0.6) is 5.88 Å². The van der Waals surface area contributed by atoms with Crippen LogP contribution in [-0.4, -0.2) is 39.3 Å². The molecule has 2 aromatic carbocycles. The molecule has 2 bridgehead atoms. The summed E-state index contributed by atoms with van der Waals surface area (Å²) < 4.78 is 29.1. The van der Waals surface area contributed by atoms with Crippen molar-refractivity contribution in [2.45, 2.75) is 25.4 Å². The van der Waals surface area contributed by atoms with Gasteiger partial charge in [-0.1, -0.05) is 36.4 Å². The lowest BCUT2D eigenvalue weighted by molar-refractivity contribution is 0.343. The number of aromatic hydroxyl groups is 1. The predicted molar refractivity (Wildman–Crippen MR) is 102 cm³/mol. The summed E-state index contributed by atoms with van der Waals surface area (Å²) in [5, 5.41) is 12.8. The van der Waals surface area contributed by atoms with Crippen molar-refractivity contribution in [2.24, 2.45) is 0 Å². The second-order valence-corrected chi connectivity index (χ2v) is 9.28. The highest BCUT2D eigenvalue weighted by atomic mass is 32.2. The molecule has 0 aliphatic carbocycles. The van der Waals surface area contributed by atoms with Crippen LogP contribution in [-0.2, 0) is 10.0 Å². The molecule has 2 aliphatic rings. The van der Waals surface area contributed by atoms with Crippen LogP contribution in [0, 0.1) is 0 Å². The van der Waals surface area contributed by atoms with Gasteiger partial charge in [-0.2, -0.15) is 4.31 Å². The molecule has 0 spiro atoms. The summed E-state index contributed by atoms with van der Waals surface area (Å²) in [7, 11) is -3.39. The molecule has 8 heteroatoms. The quantitative estimate of drug-likeness (QED) is 0.749. The van der Waals surface area contributed by atoms with Gasteiger partial charge in [-0.05, 0) is 24.8 Å². The zero-order valence-corrected chi connectivity index (χ0v) is 15.6. The van der Waals surface area contributed by atoms with Gasteiger partial charge in [0.25, 0.3) is 0 Å². The molecule has 2 atom stereocenters. The highest BCUT2D eigenvalue weighted by Gasteiger charge is 2.51. The van der Waals surface area contributed by atoms with E-state index in [4.69, 9.17) is 0 Å². The van der Waals surface area contributed by atoms with Gasteiger partial charge >= 0.3 is 5.69 Å². The standard InChI is InChI=1S/C19H19N3O4S/c1-2-27(25,26)20-11-13-10-16(20)17-18(23)22(19(24)21(13)17)15-9-5-7-12-6-3-4-8-14(12)15/h3-9,13,16,23H,2,10-11H2,1H3/t13-,16?/m1/s1.